The second-order valence-corrected chi connectivity index (χ2v) is 3.88. The highest BCUT2D eigenvalue weighted by atomic mass is 127. The molecule has 0 spiro atoms. The maximum Gasteiger partial charge on any atom is 0.341 e. The van der Waals surface area contributed by atoms with Crippen molar-refractivity contribution >= 4 is 28.6 Å². The Morgan fingerprint density at radius 2 is 2.13 bits per heavy atom. The number of esters is 1. The quantitative estimate of drug-likeness (QED) is 0.618. The summed E-state index contributed by atoms with van der Waals surface area (Å²) in [4.78, 5) is 11.4. The molecule has 0 fully saturated rings. The average molecular weight is 317 g/mol. The molecule has 0 heterocycles. The normalized spacial score (nSPS) is 9.20. The van der Waals surface area contributed by atoms with Crippen LogP contribution in [0.3, 0.4) is 0 Å². The van der Waals surface area contributed by atoms with E-state index in [1.165, 1.54) is 14.2 Å². The Morgan fingerprint density at radius 3 is 2.60 bits per heavy atom. The first kappa shape index (κ1) is 11.8. The predicted molar refractivity (Wildman–Crippen MR) is 61.8 cm³/mol. The van der Waals surface area contributed by atoms with Gasteiger partial charge in [-0.1, -0.05) is 0 Å². The van der Waals surface area contributed by atoms with E-state index in [2.05, 4.69) is 4.74 Å². The fraction of sp³-hybridized carbons (Fsp3) is 0.200. The van der Waals surface area contributed by atoms with Crippen LogP contribution in [0.1, 0.15) is 15.9 Å². The smallest absolute Gasteiger partial charge is 0.341 e. The van der Waals surface area contributed by atoms with E-state index in [9.17, 15) is 4.79 Å². The van der Waals surface area contributed by atoms with Crippen molar-refractivity contribution in [1.82, 2.24) is 0 Å². The molecule has 78 valence electrons. The van der Waals surface area contributed by atoms with E-state index in [0.717, 1.165) is 3.57 Å². The third kappa shape index (κ3) is 2.39. The summed E-state index contributed by atoms with van der Waals surface area (Å²) in [6.07, 6.45) is 0. The summed E-state index contributed by atoms with van der Waals surface area (Å²) in [6, 6.07) is 5.23. The predicted octanol–water partition coefficient (Wildman–Crippen LogP) is 1.96. The van der Waals surface area contributed by atoms with Gasteiger partial charge in [0, 0.05) is 3.57 Å². The Balaban J connectivity index is 3.43. The molecular weight excluding hydrogens is 309 g/mol. The SMILES string of the molecule is COC(=O)c1cc(I)cc(C#N)c1OC. The van der Waals surface area contributed by atoms with Crippen molar-refractivity contribution in [3.8, 4) is 11.8 Å². The molecular formula is C10H8INO3. The van der Waals surface area contributed by atoms with Crippen molar-refractivity contribution in [3.05, 3.63) is 26.8 Å². The van der Waals surface area contributed by atoms with Crippen molar-refractivity contribution in [2.45, 2.75) is 0 Å². The Hall–Kier alpha value is -1.29. The van der Waals surface area contributed by atoms with Gasteiger partial charge in [-0.2, -0.15) is 5.26 Å². The molecule has 0 aliphatic rings. The van der Waals surface area contributed by atoms with Gasteiger partial charge < -0.3 is 9.47 Å². The molecule has 15 heavy (non-hydrogen) atoms. The number of ether oxygens (including phenoxy) is 2. The minimum atomic E-state index is -0.512. The van der Waals surface area contributed by atoms with Gasteiger partial charge in [0.05, 0.1) is 19.8 Å². The molecule has 1 aromatic carbocycles. The van der Waals surface area contributed by atoms with Crippen molar-refractivity contribution in [1.29, 1.82) is 5.26 Å². The Labute approximate surface area is 101 Å². The molecule has 0 aromatic heterocycles. The van der Waals surface area contributed by atoms with E-state index in [1.807, 2.05) is 28.7 Å². The van der Waals surface area contributed by atoms with E-state index in [1.54, 1.807) is 12.1 Å². The maximum atomic E-state index is 11.4. The minimum Gasteiger partial charge on any atom is -0.494 e. The summed E-state index contributed by atoms with van der Waals surface area (Å²) in [5.41, 5.74) is 0.591. The van der Waals surface area contributed by atoms with Crippen LogP contribution in [0.5, 0.6) is 5.75 Å². The monoisotopic (exact) mass is 317 g/mol. The van der Waals surface area contributed by atoms with Gasteiger partial charge in [0.1, 0.15) is 11.6 Å². The third-order valence-corrected chi connectivity index (χ3v) is 2.41. The summed E-state index contributed by atoms with van der Waals surface area (Å²) >= 11 is 2.02. The number of benzene rings is 1. The molecule has 1 aromatic rings. The first-order valence-corrected chi connectivity index (χ1v) is 5.07. The molecule has 1 rings (SSSR count). The van der Waals surface area contributed by atoms with Gasteiger partial charge in [0.2, 0.25) is 0 Å². The lowest BCUT2D eigenvalue weighted by Crippen LogP contribution is -2.06. The van der Waals surface area contributed by atoms with Gasteiger partial charge in [-0.25, -0.2) is 4.79 Å². The summed E-state index contributed by atoms with van der Waals surface area (Å²) in [7, 11) is 2.70. The molecule has 0 saturated heterocycles. The zero-order valence-electron chi connectivity index (χ0n) is 8.20. The molecule has 0 unspecified atom stereocenters. The van der Waals surface area contributed by atoms with Gasteiger partial charge in [-0.3, -0.25) is 0 Å². The first-order chi connectivity index (χ1) is 7.13. The number of halogens is 1. The molecule has 0 bridgehead atoms. The zero-order chi connectivity index (χ0) is 11.4. The number of carbonyl (C=O) groups is 1. The van der Waals surface area contributed by atoms with Gasteiger partial charge in [0.25, 0.3) is 0 Å². The van der Waals surface area contributed by atoms with Crippen LogP contribution in [0.25, 0.3) is 0 Å². The molecule has 0 saturated carbocycles. The molecule has 0 aliphatic heterocycles. The zero-order valence-corrected chi connectivity index (χ0v) is 10.4. The Morgan fingerprint density at radius 1 is 1.47 bits per heavy atom. The first-order valence-electron chi connectivity index (χ1n) is 4.00. The molecule has 0 atom stereocenters. The lowest BCUT2D eigenvalue weighted by atomic mass is 10.1. The van der Waals surface area contributed by atoms with Crippen LogP contribution in [0, 0.1) is 14.9 Å². The van der Waals surface area contributed by atoms with Crippen molar-refractivity contribution in [2.24, 2.45) is 0 Å². The highest BCUT2D eigenvalue weighted by Gasteiger charge is 2.17. The number of rotatable bonds is 2. The highest BCUT2D eigenvalue weighted by Crippen LogP contribution is 2.26. The highest BCUT2D eigenvalue weighted by molar-refractivity contribution is 14.1. The van der Waals surface area contributed by atoms with Crippen LogP contribution in [0.2, 0.25) is 0 Å². The topological polar surface area (TPSA) is 59.3 Å². The van der Waals surface area contributed by atoms with Crippen molar-refractivity contribution in [3.63, 3.8) is 0 Å². The van der Waals surface area contributed by atoms with Crippen molar-refractivity contribution < 1.29 is 14.3 Å². The van der Waals surface area contributed by atoms with E-state index in [0.29, 0.717) is 5.56 Å². The maximum absolute atomic E-state index is 11.4. The summed E-state index contributed by atoms with van der Waals surface area (Å²) in [6.45, 7) is 0. The largest absolute Gasteiger partial charge is 0.494 e. The van der Waals surface area contributed by atoms with Gasteiger partial charge in [-0.05, 0) is 34.7 Å². The number of carbonyl (C=O) groups excluding carboxylic acids is 1. The third-order valence-electron chi connectivity index (χ3n) is 1.78. The summed E-state index contributed by atoms with van der Waals surface area (Å²) in [5.74, 6) is -0.258. The molecule has 5 heteroatoms. The van der Waals surface area contributed by atoms with Gasteiger partial charge in [0.15, 0.2) is 5.75 Å². The van der Waals surface area contributed by atoms with Crippen LogP contribution in [-0.4, -0.2) is 20.2 Å². The number of methoxy groups -OCH3 is 2. The summed E-state index contributed by atoms with van der Waals surface area (Å²) < 4.78 is 10.4. The second-order valence-electron chi connectivity index (χ2n) is 2.64. The van der Waals surface area contributed by atoms with Gasteiger partial charge in [-0.15, -0.1) is 0 Å². The van der Waals surface area contributed by atoms with Crippen LogP contribution in [0.15, 0.2) is 12.1 Å². The van der Waals surface area contributed by atoms with Crippen LogP contribution in [-0.2, 0) is 4.74 Å². The van der Waals surface area contributed by atoms with Crippen LogP contribution < -0.4 is 4.74 Å². The van der Waals surface area contributed by atoms with E-state index < -0.39 is 5.97 Å². The van der Waals surface area contributed by atoms with E-state index in [4.69, 9.17) is 10.00 Å². The van der Waals surface area contributed by atoms with E-state index >= 15 is 0 Å². The Kier molecular flexibility index (Phi) is 3.91. The number of nitrogens with zero attached hydrogens (tertiary/aromatic N) is 1. The Bertz CT molecular complexity index is 437. The fourth-order valence-corrected chi connectivity index (χ4v) is 1.78. The second kappa shape index (κ2) is 4.98. The molecule has 0 amide bonds. The molecule has 0 aliphatic carbocycles. The number of hydrogen-bond acceptors (Lipinski definition) is 4. The standard InChI is InChI=1S/C10H8INO3/c1-14-9-6(5-12)3-7(11)4-8(9)10(13)15-2/h3-4H,1-2H3. The number of hydrogen-bond donors (Lipinski definition) is 0. The molecule has 0 radical (unpaired) electrons. The fourth-order valence-electron chi connectivity index (χ4n) is 1.16. The molecule has 4 nitrogen and oxygen atoms in total. The van der Waals surface area contributed by atoms with Crippen molar-refractivity contribution in [2.75, 3.05) is 14.2 Å². The summed E-state index contributed by atoms with van der Waals surface area (Å²) in [5, 5.41) is 8.87. The number of nitriles is 1. The average Bonchev–Trinajstić information content (AvgIpc) is 2.26. The molecule has 0 N–H and O–H groups in total. The van der Waals surface area contributed by atoms with Gasteiger partial charge >= 0.3 is 5.97 Å². The lowest BCUT2D eigenvalue weighted by molar-refractivity contribution is 0.0597. The lowest BCUT2D eigenvalue weighted by Gasteiger charge is -2.08. The minimum absolute atomic E-state index is 0.254. The van der Waals surface area contributed by atoms with Crippen LogP contribution in [0.4, 0.5) is 0 Å². The van der Waals surface area contributed by atoms with E-state index in [-0.39, 0.29) is 11.3 Å². The van der Waals surface area contributed by atoms with Crippen LogP contribution >= 0.6 is 22.6 Å².